The molecule has 2 rings (SSSR count). The average molecular weight is 239 g/mol. The molecule has 0 aliphatic rings. The van der Waals surface area contributed by atoms with Crippen LogP contribution in [0.5, 0.6) is 0 Å². The third kappa shape index (κ3) is 2.49. The molecule has 1 N–H and O–H groups in total. The van der Waals surface area contributed by atoms with Crippen LogP contribution in [0.25, 0.3) is 10.8 Å². The summed E-state index contributed by atoms with van der Waals surface area (Å²) in [5.41, 5.74) is 2.24. The summed E-state index contributed by atoms with van der Waals surface area (Å²) >= 11 is 0. The van der Waals surface area contributed by atoms with E-state index in [9.17, 15) is 0 Å². The van der Waals surface area contributed by atoms with E-state index >= 15 is 0 Å². The Morgan fingerprint density at radius 3 is 2.78 bits per heavy atom. The standard InChI is InChI=1S/C15H17N3/c1-11-13-6-3-4-7-14(13)15(10-18-11)12(2)17-9-5-8-16/h3-4,6-7,10,12,17H,5,9H2,1-2H3. The van der Waals surface area contributed by atoms with Gasteiger partial charge in [0.25, 0.3) is 0 Å². The van der Waals surface area contributed by atoms with Crippen LogP contribution < -0.4 is 5.32 Å². The van der Waals surface area contributed by atoms with Crippen LogP contribution in [0.2, 0.25) is 0 Å². The fourth-order valence-corrected chi connectivity index (χ4v) is 2.16. The van der Waals surface area contributed by atoms with Gasteiger partial charge >= 0.3 is 0 Å². The van der Waals surface area contributed by atoms with Gasteiger partial charge in [-0.1, -0.05) is 24.3 Å². The highest BCUT2D eigenvalue weighted by molar-refractivity contribution is 5.87. The molecule has 0 amide bonds. The lowest BCUT2D eigenvalue weighted by atomic mass is 10.0. The first-order chi connectivity index (χ1) is 8.74. The number of fused-ring (bicyclic) bond motifs is 1. The van der Waals surface area contributed by atoms with Crippen molar-refractivity contribution < 1.29 is 0 Å². The lowest BCUT2D eigenvalue weighted by molar-refractivity contribution is 0.585. The van der Waals surface area contributed by atoms with E-state index in [1.54, 1.807) is 0 Å². The van der Waals surface area contributed by atoms with Crippen LogP contribution in [0, 0.1) is 18.3 Å². The molecule has 2 aromatic rings. The maximum atomic E-state index is 8.56. The van der Waals surface area contributed by atoms with Gasteiger partial charge < -0.3 is 5.32 Å². The molecule has 0 fully saturated rings. The van der Waals surface area contributed by atoms with Crippen LogP contribution in [0.3, 0.4) is 0 Å². The Labute approximate surface area is 107 Å². The van der Waals surface area contributed by atoms with E-state index in [2.05, 4.69) is 35.4 Å². The van der Waals surface area contributed by atoms with E-state index < -0.39 is 0 Å². The molecule has 0 spiro atoms. The molecule has 1 aromatic heterocycles. The van der Waals surface area contributed by atoms with Crippen molar-refractivity contribution >= 4 is 10.8 Å². The van der Waals surface area contributed by atoms with Crippen molar-refractivity contribution in [3.05, 3.63) is 41.7 Å². The highest BCUT2D eigenvalue weighted by Crippen LogP contribution is 2.25. The molecule has 1 unspecified atom stereocenters. The predicted octanol–water partition coefficient (Wildman–Crippen LogP) is 3.11. The Kier molecular flexibility index (Phi) is 3.91. The second-order valence-electron chi connectivity index (χ2n) is 4.43. The van der Waals surface area contributed by atoms with Gasteiger partial charge in [-0.2, -0.15) is 5.26 Å². The van der Waals surface area contributed by atoms with Gasteiger partial charge in [0.1, 0.15) is 0 Å². The Morgan fingerprint density at radius 1 is 1.33 bits per heavy atom. The van der Waals surface area contributed by atoms with Gasteiger partial charge in [-0.25, -0.2) is 0 Å². The van der Waals surface area contributed by atoms with Crippen LogP contribution in [-0.2, 0) is 0 Å². The van der Waals surface area contributed by atoms with Crippen molar-refractivity contribution in [2.75, 3.05) is 6.54 Å². The molecule has 3 nitrogen and oxygen atoms in total. The number of nitrogens with one attached hydrogen (secondary N) is 1. The summed E-state index contributed by atoms with van der Waals surface area (Å²) in [6, 6.07) is 10.7. The largest absolute Gasteiger partial charge is 0.309 e. The number of aryl methyl sites for hydroxylation is 1. The summed E-state index contributed by atoms with van der Waals surface area (Å²) in [6.07, 6.45) is 2.46. The first kappa shape index (κ1) is 12.5. The summed E-state index contributed by atoms with van der Waals surface area (Å²) in [7, 11) is 0. The molecular weight excluding hydrogens is 222 g/mol. The van der Waals surface area contributed by atoms with E-state index in [1.165, 1.54) is 16.3 Å². The molecule has 3 heteroatoms. The molecular formula is C15H17N3. The van der Waals surface area contributed by atoms with Gasteiger partial charge in [-0.15, -0.1) is 0 Å². The highest BCUT2D eigenvalue weighted by atomic mass is 14.9. The maximum Gasteiger partial charge on any atom is 0.0635 e. The average Bonchev–Trinajstić information content (AvgIpc) is 2.39. The minimum atomic E-state index is 0.205. The summed E-state index contributed by atoms with van der Waals surface area (Å²) in [5.74, 6) is 0. The highest BCUT2D eigenvalue weighted by Gasteiger charge is 2.10. The van der Waals surface area contributed by atoms with Gasteiger partial charge in [0, 0.05) is 36.3 Å². The van der Waals surface area contributed by atoms with Crippen molar-refractivity contribution in [3.8, 4) is 6.07 Å². The van der Waals surface area contributed by atoms with Crippen molar-refractivity contribution in [1.29, 1.82) is 5.26 Å². The second-order valence-corrected chi connectivity index (χ2v) is 4.43. The van der Waals surface area contributed by atoms with Crippen LogP contribution >= 0.6 is 0 Å². The van der Waals surface area contributed by atoms with E-state index in [0.717, 1.165) is 5.69 Å². The second kappa shape index (κ2) is 5.61. The van der Waals surface area contributed by atoms with E-state index in [4.69, 9.17) is 5.26 Å². The van der Waals surface area contributed by atoms with E-state index in [0.29, 0.717) is 13.0 Å². The smallest absolute Gasteiger partial charge is 0.0635 e. The van der Waals surface area contributed by atoms with Gasteiger partial charge in [0.15, 0.2) is 0 Å². The van der Waals surface area contributed by atoms with Crippen molar-refractivity contribution in [2.24, 2.45) is 0 Å². The fourth-order valence-electron chi connectivity index (χ4n) is 2.16. The Morgan fingerprint density at radius 2 is 2.06 bits per heavy atom. The Hall–Kier alpha value is -1.92. The third-order valence-electron chi connectivity index (χ3n) is 3.18. The molecule has 0 aliphatic heterocycles. The summed E-state index contributed by atoms with van der Waals surface area (Å²) < 4.78 is 0. The molecule has 0 bridgehead atoms. The third-order valence-corrected chi connectivity index (χ3v) is 3.18. The zero-order valence-corrected chi connectivity index (χ0v) is 10.8. The van der Waals surface area contributed by atoms with Gasteiger partial charge in [-0.3, -0.25) is 4.98 Å². The van der Waals surface area contributed by atoms with Crippen LogP contribution in [0.4, 0.5) is 0 Å². The molecule has 0 saturated carbocycles. The Balaban J connectivity index is 2.34. The van der Waals surface area contributed by atoms with Gasteiger partial charge in [-0.05, 0) is 24.8 Å². The monoisotopic (exact) mass is 239 g/mol. The molecule has 1 heterocycles. The summed E-state index contributed by atoms with van der Waals surface area (Å²) in [4.78, 5) is 4.45. The Bertz CT molecular complexity index is 584. The number of aromatic nitrogens is 1. The number of nitriles is 1. The molecule has 0 radical (unpaired) electrons. The topological polar surface area (TPSA) is 48.7 Å². The molecule has 18 heavy (non-hydrogen) atoms. The van der Waals surface area contributed by atoms with Crippen molar-refractivity contribution in [3.63, 3.8) is 0 Å². The minimum Gasteiger partial charge on any atom is -0.309 e. The van der Waals surface area contributed by atoms with Crippen molar-refractivity contribution in [2.45, 2.75) is 26.3 Å². The summed E-state index contributed by atoms with van der Waals surface area (Å²) in [6.45, 7) is 4.84. The lowest BCUT2D eigenvalue weighted by Gasteiger charge is -2.16. The lowest BCUT2D eigenvalue weighted by Crippen LogP contribution is -2.20. The molecule has 0 aliphatic carbocycles. The first-order valence-corrected chi connectivity index (χ1v) is 6.18. The van der Waals surface area contributed by atoms with Crippen molar-refractivity contribution in [1.82, 2.24) is 10.3 Å². The molecule has 0 saturated heterocycles. The number of hydrogen-bond acceptors (Lipinski definition) is 3. The normalized spacial score (nSPS) is 12.3. The number of nitrogens with zero attached hydrogens (tertiary/aromatic N) is 2. The van der Waals surface area contributed by atoms with Gasteiger partial charge in [0.05, 0.1) is 6.07 Å². The first-order valence-electron chi connectivity index (χ1n) is 6.18. The number of benzene rings is 1. The number of rotatable bonds is 4. The quantitative estimate of drug-likeness (QED) is 0.834. The van der Waals surface area contributed by atoms with Crippen LogP contribution in [0.1, 0.15) is 30.6 Å². The van der Waals surface area contributed by atoms with E-state index in [-0.39, 0.29) is 6.04 Å². The molecule has 92 valence electrons. The van der Waals surface area contributed by atoms with Crippen LogP contribution in [-0.4, -0.2) is 11.5 Å². The predicted molar refractivity (Wildman–Crippen MR) is 73.1 cm³/mol. The van der Waals surface area contributed by atoms with Crippen LogP contribution in [0.15, 0.2) is 30.5 Å². The van der Waals surface area contributed by atoms with E-state index in [1.807, 2.05) is 25.3 Å². The zero-order chi connectivity index (χ0) is 13.0. The molecule has 1 atom stereocenters. The minimum absolute atomic E-state index is 0.205. The number of pyridine rings is 1. The summed E-state index contributed by atoms with van der Waals surface area (Å²) in [5, 5.41) is 14.3. The maximum absolute atomic E-state index is 8.56. The SMILES string of the molecule is Cc1ncc(C(C)NCCC#N)c2ccccc12. The molecule has 1 aromatic carbocycles. The zero-order valence-electron chi connectivity index (χ0n) is 10.8. The van der Waals surface area contributed by atoms with Gasteiger partial charge in [0.2, 0.25) is 0 Å². The fraction of sp³-hybridized carbons (Fsp3) is 0.333. The number of hydrogen-bond donors (Lipinski definition) is 1.